The van der Waals surface area contributed by atoms with Gasteiger partial charge < -0.3 is 4.74 Å². The van der Waals surface area contributed by atoms with Crippen molar-refractivity contribution in [3.05, 3.63) is 35.4 Å². The second kappa shape index (κ2) is 6.29. The van der Waals surface area contributed by atoms with Crippen LogP contribution in [0.25, 0.3) is 0 Å². The first kappa shape index (κ1) is 14.4. The van der Waals surface area contributed by atoms with Crippen molar-refractivity contribution in [2.24, 2.45) is 0 Å². The zero-order chi connectivity index (χ0) is 13.6. The third-order valence-corrected chi connectivity index (χ3v) is 2.61. The molecule has 1 nitrogen and oxygen atoms in total. The van der Waals surface area contributed by atoms with Gasteiger partial charge in [-0.15, -0.1) is 6.42 Å². The van der Waals surface area contributed by atoms with Crippen LogP contribution in [0.2, 0.25) is 0 Å². The van der Waals surface area contributed by atoms with E-state index in [4.69, 9.17) is 11.2 Å². The SMILES string of the molecule is C#Cc1cccc(C#CC(C)(C)OC(C)CC)c1. The molecule has 0 amide bonds. The van der Waals surface area contributed by atoms with Crippen molar-refractivity contribution in [1.29, 1.82) is 0 Å². The number of hydrogen-bond donors (Lipinski definition) is 0. The van der Waals surface area contributed by atoms with Crippen LogP contribution < -0.4 is 0 Å². The zero-order valence-electron chi connectivity index (χ0n) is 11.6. The fourth-order valence-corrected chi connectivity index (χ4v) is 1.53. The summed E-state index contributed by atoms with van der Waals surface area (Å²) in [5.74, 6) is 8.88. The Morgan fingerprint density at radius 3 is 2.61 bits per heavy atom. The molecule has 18 heavy (non-hydrogen) atoms. The monoisotopic (exact) mass is 240 g/mol. The highest BCUT2D eigenvalue weighted by Gasteiger charge is 2.17. The van der Waals surface area contributed by atoms with Crippen molar-refractivity contribution in [1.82, 2.24) is 0 Å². The molecule has 0 saturated heterocycles. The highest BCUT2D eigenvalue weighted by molar-refractivity contribution is 5.43. The quantitative estimate of drug-likeness (QED) is 0.733. The zero-order valence-corrected chi connectivity index (χ0v) is 11.6. The number of ether oxygens (including phenoxy) is 1. The molecule has 0 aliphatic heterocycles. The standard InChI is InChI=1S/C17H20O/c1-6-14(3)18-17(4,5)12-11-16-10-8-9-15(7-2)13-16/h2,8-10,13-14H,6H2,1,3-5H3. The van der Waals surface area contributed by atoms with Gasteiger partial charge in [0, 0.05) is 11.1 Å². The molecule has 1 heteroatoms. The summed E-state index contributed by atoms with van der Waals surface area (Å²) >= 11 is 0. The van der Waals surface area contributed by atoms with Crippen molar-refractivity contribution < 1.29 is 4.74 Å². The Hall–Kier alpha value is -1.70. The smallest absolute Gasteiger partial charge is 0.123 e. The lowest BCUT2D eigenvalue weighted by Gasteiger charge is -2.23. The van der Waals surface area contributed by atoms with Crippen LogP contribution in [-0.2, 0) is 4.74 Å². The van der Waals surface area contributed by atoms with Crippen molar-refractivity contribution >= 4 is 0 Å². The van der Waals surface area contributed by atoms with Crippen LogP contribution in [-0.4, -0.2) is 11.7 Å². The highest BCUT2D eigenvalue weighted by atomic mass is 16.5. The van der Waals surface area contributed by atoms with E-state index in [0.29, 0.717) is 0 Å². The largest absolute Gasteiger partial charge is 0.360 e. The molecule has 0 fully saturated rings. The van der Waals surface area contributed by atoms with Crippen LogP contribution >= 0.6 is 0 Å². The molecule has 1 rings (SSSR count). The summed E-state index contributed by atoms with van der Waals surface area (Å²) < 4.78 is 5.85. The molecule has 0 heterocycles. The van der Waals surface area contributed by atoms with Crippen molar-refractivity contribution in [3.8, 4) is 24.2 Å². The van der Waals surface area contributed by atoms with Gasteiger partial charge in [-0.05, 0) is 45.4 Å². The minimum atomic E-state index is -0.443. The summed E-state index contributed by atoms with van der Waals surface area (Å²) in [5, 5.41) is 0. The van der Waals surface area contributed by atoms with Gasteiger partial charge in [0.2, 0.25) is 0 Å². The molecule has 0 N–H and O–H groups in total. The molecular weight excluding hydrogens is 220 g/mol. The molecule has 0 radical (unpaired) electrons. The minimum Gasteiger partial charge on any atom is -0.360 e. The first-order valence-electron chi connectivity index (χ1n) is 6.24. The van der Waals surface area contributed by atoms with Gasteiger partial charge in [-0.25, -0.2) is 0 Å². The molecule has 1 aromatic rings. The van der Waals surface area contributed by atoms with Gasteiger partial charge in [0.25, 0.3) is 0 Å². The third kappa shape index (κ3) is 4.66. The van der Waals surface area contributed by atoms with E-state index < -0.39 is 5.60 Å². The molecule has 0 spiro atoms. The molecule has 0 aliphatic rings. The van der Waals surface area contributed by atoms with Gasteiger partial charge in [-0.2, -0.15) is 0 Å². The summed E-state index contributed by atoms with van der Waals surface area (Å²) in [6, 6.07) is 7.67. The van der Waals surface area contributed by atoms with E-state index in [9.17, 15) is 0 Å². The van der Waals surface area contributed by atoms with Crippen LogP contribution in [0.5, 0.6) is 0 Å². The second-order valence-electron chi connectivity index (χ2n) is 4.82. The summed E-state index contributed by atoms with van der Waals surface area (Å²) in [6.07, 6.45) is 6.56. The van der Waals surface area contributed by atoms with Crippen molar-refractivity contribution in [2.45, 2.75) is 45.8 Å². The molecule has 0 bridgehead atoms. The summed E-state index contributed by atoms with van der Waals surface area (Å²) in [4.78, 5) is 0. The van der Waals surface area contributed by atoms with Crippen LogP contribution in [0.3, 0.4) is 0 Å². The van der Waals surface area contributed by atoms with E-state index in [1.165, 1.54) is 0 Å². The van der Waals surface area contributed by atoms with Crippen LogP contribution in [0.1, 0.15) is 45.2 Å². The first-order chi connectivity index (χ1) is 8.46. The molecule has 0 aliphatic carbocycles. The van der Waals surface area contributed by atoms with Gasteiger partial charge in [0.1, 0.15) is 5.60 Å². The Morgan fingerprint density at radius 1 is 1.33 bits per heavy atom. The topological polar surface area (TPSA) is 9.23 Å². The fraction of sp³-hybridized carbons (Fsp3) is 0.412. The van der Waals surface area contributed by atoms with E-state index >= 15 is 0 Å². The van der Waals surface area contributed by atoms with Crippen molar-refractivity contribution in [2.75, 3.05) is 0 Å². The molecular formula is C17H20O. The van der Waals surface area contributed by atoms with Gasteiger partial charge >= 0.3 is 0 Å². The predicted molar refractivity (Wildman–Crippen MR) is 76.2 cm³/mol. The van der Waals surface area contributed by atoms with Crippen LogP contribution in [0, 0.1) is 24.2 Å². The summed E-state index contributed by atoms with van der Waals surface area (Å²) in [6.45, 7) is 8.13. The molecule has 1 aromatic carbocycles. The minimum absolute atomic E-state index is 0.214. The number of rotatable bonds is 3. The summed E-state index contributed by atoms with van der Waals surface area (Å²) in [5.41, 5.74) is 1.33. The maximum absolute atomic E-state index is 5.85. The summed E-state index contributed by atoms with van der Waals surface area (Å²) in [7, 11) is 0. The lowest BCUT2D eigenvalue weighted by Crippen LogP contribution is -2.27. The van der Waals surface area contributed by atoms with E-state index in [1.807, 2.05) is 38.1 Å². The predicted octanol–water partition coefficient (Wildman–Crippen LogP) is 3.61. The van der Waals surface area contributed by atoms with E-state index in [0.717, 1.165) is 17.5 Å². The maximum Gasteiger partial charge on any atom is 0.123 e. The number of benzene rings is 1. The molecule has 94 valence electrons. The molecule has 0 aromatic heterocycles. The van der Waals surface area contributed by atoms with E-state index in [2.05, 4.69) is 31.6 Å². The Bertz CT molecular complexity index is 494. The van der Waals surface area contributed by atoms with Gasteiger partial charge in [-0.3, -0.25) is 0 Å². The van der Waals surface area contributed by atoms with Crippen molar-refractivity contribution in [3.63, 3.8) is 0 Å². The van der Waals surface area contributed by atoms with Crippen LogP contribution in [0.15, 0.2) is 24.3 Å². The highest BCUT2D eigenvalue weighted by Crippen LogP contribution is 2.13. The normalized spacial score (nSPS) is 12.2. The molecule has 1 atom stereocenters. The average Bonchev–Trinajstić information content (AvgIpc) is 2.36. The van der Waals surface area contributed by atoms with Crippen LogP contribution in [0.4, 0.5) is 0 Å². The molecule has 1 unspecified atom stereocenters. The van der Waals surface area contributed by atoms with E-state index in [-0.39, 0.29) is 6.10 Å². The van der Waals surface area contributed by atoms with E-state index in [1.54, 1.807) is 0 Å². The Morgan fingerprint density at radius 2 is 2.00 bits per heavy atom. The maximum atomic E-state index is 5.85. The number of hydrogen-bond acceptors (Lipinski definition) is 1. The lowest BCUT2D eigenvalue weighted by molar-refractivity contribution is -0.0269. The fourth-order valence-electron chi connectivity index (χ4n) is 1.53. The first-order valence-corrected chi connectivity index (χ1v) is 6.24. The lowest BCUT2D eigenvalue weighted by atomic mass is 10.1. The average molecular weight is 240 g/mol. The van der Waals surface area contributed by atoms with Gasteiger partial charge in [0.05, 0.1) is 6.10 Å². The Kier molecular flexibility index (Phi) is 5.02. The third-order valence-electron chi connectivity index (χ3n) is 2.61. The van der Waals surface area contributed by atoms with Gasteiger partial charge in [-0.1, -0.05) is 30.8 Å². The molecule has 0 saturated carbocycles. The van der Waals surface area contributed by atoms with Gasteiger partial charge in [0.15, 0.2) is 0 Å². The Balaban J connectivity index is 2.83. The number of terminal acetylenes is 1. The second-order valence-corrected chi connectivity index (χ2v) is 4.82. The Labute approximate surface area is 111 Å².